The van der Waals surface area contributed by atoms with E-state index in [2.05, 4.69) is 15.5 Å². The number of carbonyl (C=O) groups excluding carboxylic acids is 1. The Kier molecular flexibility index (Phi) is 6.46. The minimum absolute atomic E-state index is 0.00507. The van der Waals surface area contributed by atoms with Crippen molar-refractivity contribution in [2.75, 3.05) is 11.9 Å². The molecule has 6 nitrogen and oxygen atoms in total. The van der Waals surface area contributed by atoms with E-state index >= 15 is 0 Å². The van der Waals surface area contributed by atoms with Crippen molar-refractivity contribution in [1.29, 1.82) is 5.26 Å². The fourth-order valence-electron chi connectivity index (χ4n) is 1.81. The van der Waals surface area contributed by atoms with Gasteiger partial charge in [-0.25, -0.2) is 0 Å². The maximum atomic E-state index is 12.2. The first-order valence-electron chi connectivity index (χ1n) is 7.64. The Labute approximate surface area is 144 Å². The molecule has 0 saturated carbocycles. The number of rotatable bonds is 7. The maximum absolute atomic E-state index is 12.2. The van der Waals surface area contributed by atoms with Crippen molar-refractivity contribution >= 4 is 28.5 Å². The predicted octanol–water partition coefficient (Wildman–Crippen LogP) is 3.43. The van der Waals surface area contributed by atoms with E-state index < -0.39 is 5.91 Å². The van der Waals surface area contributed by atoms with E-state index in [-0.39, 0.29) is 5.57 Å². The van der Waals surface area contributed by atoms with E-state index in [1.807, 2.05) is 32.0 Å². The lowest BCUT2D eigenvalue weighted by Gasteiger charge is -2.04. The first-order chi connectivity index (χ1) is 11.7. The molecule has 0 atom stereocenters. The molecule has 0 spiro atoms. The van der Waals surface area contributed by atoms with Crippen LogP contribution in [0.3, 0.4) is 0 Å². The normalized spacial score (nSPS) is 11.0. The number of amides is 1. The van der Waals surface area contributed by atoms with Gasteiger partial charge in [0.25, 0.3) is 5.91 Å². The van der Waals surface area contributed by atoms with Gasteiger partial charge in [0.15, 0.2) is 0 Å². The third kappa shape index (κ3) is 4.89. The van der Waals surface area contributed by atoms with Gasteiger partial charge < -0.3 is 4.74 Å². The summed E-state index contributed by atoms with van der Waals surface area (Å²) >= 11 is 1.30. The van der Waals surface area contributed by atoms with E-state index in [1.54, 1.807) is 12.1 Å². The van der Waals surface area contributed by atoms with Gasteiger partial charge in [0.1, 0.15) is 22.4 Å². The summed E-state index contributed by atoms with van der Waals surface area (Å²) in [6.45, 7) is 4.65. The zero-order valence-corrected chi connectivity index (χ0v) is 14.4. The fourth-order valence-corrected chi connectivity index (χ4v) is 2.48. The van der Waals surface area contributed by atoms with E-state index in [0.29, 0.717) is 11.7 Å². The molecule has 1 aromatic carbocycles. The van der Waals surface area contributed by atoms with Crippen molar-refractivity contribution < 1.29 is 9.53 Å². The smallest absolute Gasteiger partial charge is 0.268 e. The van der Waals surface area contributed by atoms with Gasteiger partial charge in [-0.1, -0.05) is 37.3 Å². The van der Waals surface area contributed by atoms with Crippen LogP contribution in [0.25, 0.3) is 6.08 Å². The molecule has 7 heteroatoms. The average Bonchev–Trinajstić information content (AvgIpc) is 3.06. The quantitative estimate of drug-likeness (QED) is 0.615. The van der Waals surface area contributed by atoms with Crippen molar-refractivity contribution in [2.45, 2.75) is 26.7 Å². The standard InChI is InChI=1S/C17H18N4O2S/c1-3-9-23-14-7-5-12(6-8-14)10-13(11-18)16(22)19-17-21-20-15(4-2)24-17/h5-8,10H,3-4,9H2,1-2H3,(H,19,21,22). The van der Waals surface area contributed by atoms with Crippen LogP contribution in [0.1, 0.15) is 30.8 Å². The number of aryl methyl sites for hydroxylation is 1. The van der Waals surface area contributed by atoms with Crippen LogP contribution in [-0.2, 0) is 11.2 Å². The van der Waals surface area contributed by atoms with E-state index in [4.69, 9.17) is 4.74 Å². The molecule has 1 aromatic heterocycles. The van der Waals surface area contributed by atoms with Crippen molar-refractivity contribution in [3.05, 3.63) is 40.4 Å². The Morgan fingerprint density at radius 2 is 2.08 bits per heavy atom. The van der Waals surface area contributed by atoms with Gasteiger partial charge in [-0.05, 0) is 36.6 Å². The molecule has 1 amide bonds. The van der Waals surface area contributed by atoms with Gasteiger partial charge in [0.05, 0.1) is 6.61 Å². The molecule has 24 heavy (non-hydrogen) atoms. The van der Waals surface area contributed by atoms with Crippen molar-refractivity contribution in [2.24, 2.45) is 0 Å². The molecule has 1 N–H and O–H groups in total. The summed E-state index contributed by atoms with van der Waals surface area (Å²) in [5, 5.41) is 20.8. The first kappa shape index (κ1) is 17.6. The number of carbonyl (C=O) groups is 1. The Morgan fingerprint density at radius 3 is 2.67 bits per heavy atom. The van der Waals surface area contributed by atoms with Crippen LogP contribution in [0, 0.1) is 11.3 Å². The molecule has 0 unspecified atom stereocenters. The van der Waals surface area contributed by atoms with Crippen LogP contribution in [0.5, 0.6) is 5.75 Å². The van der Waals surface area contributed by atoms with Crippen LogP contribution in [0.15, 0.2) is 29.8 Å². The molecule has 0 radical (unpaired) electrons. The maximum Gasteiger partial charge on any atom is 0.268 e. The molecule has 0 saturated heterocycles. The number of hydrogen-bond donors (Lipinski definition) is 1. The Balaban J connectivity index is 2.07. The molecule has 1 heterocycles. The highest BCUT2D eigenvalue weighted by Crippen LogP contribution is 2.18. The second-order valence-electron chi connectivity index (χ2n) is 4.90. The summed E-state index contributed by atoms with van der Waals surface area (Å²) < 4.78 is 5.50. The van der Waals surface area contributed by atoms with Crippen molar-refractivity contribution in [3.63, 3.8) is 0 Å². The lowest BCUT2D eigenvalue weighted by Crippen LogP contribution is -2.13. The minimum atomic E-state index is -0.498. The van der Waals surface area contributed by atoms with Crippen LogP contribution in [-0.4, -0.2) is 22.7 Å². The summed E-state index contributed by atoms with van der Waals surface area (Å²) in [6, 6.07) is 9.14. The fraction of sp³-hybridized carbons (Fsp3) is 0.294. The predicted molar refractivity (Wildman–Crippen MR) is 93.7 cm³/mol. The molecular weight excluding hydrogens is 324 g/mol. The van der Waals surface area contributed by atoms with Crippen LogP contribution >= 0.6 is 11.3 Å². The Hall–Kier alpha value is -2.72. The third-order valence-electron chi connectivity index (χ3n) is 3.02. The summed E-state index contributed by atoms with van der Waals surface area (Å²) in [6.07, 6.45) is 3.22. The van der Waals surface area contributed by atoms with Crippen LogP contribution in [0.2, 0.25) is 0 Å². The topological polar surface area (TPSA) is 87.9 Å². The van der Waals surface area contributed by atoms with Crippen molar-refractivity contribution in [1.82, 2.24) is 10.2 Å². The van der Waals surface area contributed by atoms with Gasteiger partial charge in [-0.15, -0.1) is 10.2 Å². The molecular formula is C17H18N4O2S. The van der Waals surface area contributed by atoms with Gasteiger partial charge in [0.2, 0.25) is 5.13 Å². The van der Waals surface area contributed by atoms with Gasteiger partial charge in [-0.2, -0.15) is 5.26 Å². The number of benzene rings is 1. The number of ether oxygens (including phenoxy) is 1. The second-order valence-corrected chi connectivity index (χ2v) is 5.96. The van der Waals surface area contributed by atoms with Gasteiger partial charge >= 0.3 is 0 Å². The van der Waals surface area contributed by atoms with Crippen LogP contribution in [0.4, 0.5) is 5.13 Å². The summed E-state index contributed by atoms with van der Waals surface area (Å²) in [4.78, 5) is 12.2. The number of nitriles is 1. The van der Waals surface area contributed by atoms with Crippen LogP contribution < -0.4 is 10.1 Å². The molecule has 0 aliphatic rings. The molecule has 0 aliphatic heterocycles. The number of hydrogen-bond acceptors (Lipinski definition) is 6. The van der Waals surface area contributed by atoms with Gasteiger partial charge in [0, 0.05) is 0 Å². The molecule has 0 aliphatic carbocycles. The first-order valence-corrected chi connectivity index (χ1v) is 8.46. The zero-order chi connectivity index (χ0) is 17.4. The number of nitrogens with one attached hydrogen (secondary N) is 1. The SMILES string of the molecule is CCCOc1ccc(C=C(C#N)C(=O)Nc2nnc(CC)s2)cc1. The zero-order valence-electron chi connectivity index (χ0n) is 13.6. The summed E-state index contributed by atoms with van der Waals surface area (Å²) in [5.74, 6) is 0.264. The molecule has 0 fully saturated rings. The summed E-state index contributed by atoms with van der Waals surface area (Å²) in [7, 11) is 0. The number of aromatic nitrogens is 2. The number of anilines is 1. The van der Waals surface area contributed by atoms with E-state index in [1.165, 1.54) is 17.4 Å². The highest BCUT2D eigenvalue weighted by Gasteiger charge is 2.12. The third-order valence-corrected chi connectivity index (χ3v) is 4.00. The van der Waals surface area contributed by atoms with E-state index in [9.17, 15) is 10.1 Å². The molecule has 124 valence electrons. The summed E-state index contributed by atoms with van der Waals surface area (Å²) in [5.41, 5.74) is 0.752. The minimum Gasteiger partial charge on any atom is -0.494 e. The lowest BCUT2D eigenvalue weighted by molar-refractivity contribution is -0.112. The van der Waals surface area contributed by atoms with Gasteiger partial charge in [-0.3, -0.25) is 10.1 Å². The van der Waals surface area contributed by atoms with E-state index in [0.717, 1.165) is 29.2 Å². The number of nitrogens with zero attached hydrogens (tertiary/aromatic N) is 3. The Morgan fingerprint density at radius 1 is 1.33 bits per heavy atom. The molecule has 2 rings (SSSR count). The largest absolute Gasteiger partial charge is 0.494 e. The molecule has 0 bridgehead atoms. The average molecular weight is 342 g/mol. The monoisotopic (exact) mass is 342 g/mol. The van der Waals surface area contributed by atoms with Crippen molar-refractivity contribution in [3.8, 4) is 11.8 Å². The molecule has 2 aromatic rings. The second kappa shape index (κ2) is 8.79. The lowest BCUT2D eigenvalue weighted by atomic mass is 10.1. The highest BCUT2D eigenvalue weighted by molar-refractivity contribution is 7.15. The Bertz CT molecular complexity index is 760. The highest BCUT2D eigenvalue weighted by atomic mass is 32.1.